The molecule has 210 valence electrons. The summed E-state index contributed by atoms with van der Waals surface area (Å²) in [5, 5.41) is 2.63. The van der Waals surface area contributed by atoms with Gasteiger partial charge in [0.25, 0.3) is 5.91 Å². The number of hydrogen-bond donors (Lipinski definition) is 1. The Kier molecular flexibility index (Phi) is 14.6. The van der Waals surface area contributed by atoms with Gasteiger partial charge < -0.3 is 5.32 Å². The molecule has 0 bridgehead atoms. The van der Waals surface area contributed by atoms with Crippen molar-refractivity contribution in [1.82, 2.24) is 10.3 Å². The van der Waals surface area contributed by atoms with E-state index in [4.69, 9.17) is 23.2 Å². The Hall–Kier alpha value is -2.00. The lowest BCUT2D eigenvalue weighted by molar-refractivity contribution is -0.190. The molecule has 1 fully saturated rings. The zero-order valence-corrected chi connectivity index (χ0v) is 23.3. The maximum Gasteiger partial charge on any atom is 0.433 e. The molecule has 1 atom stereocenters. The molecule has 37 heavy (non-hydrogen) atoms. The fourth-order valence-corrected chi connectivity index (χ4v) is 3.72. The molecule has 3 rings (SSSR count). The average Bonchev–Trinajstić information content (AvgIpc) is 3.68. The van der Waals surface area contributed by atoms with Crippen molar-refractivity contribution < 1.29 is 31.1 Å². The summed E-state index contributed by atoms with van der Waals surface area (Å²) in [7, 11) is 0. The van der Waals surface area contributed by atoms with Gasteiger partial charge in [-0.15, -0.1) is 0 Å². The highest BCUT2D eigenvalue weighted by Gasteiger charge is 2.63. The zero-order chi connectivity index (χ0) is 29.0. The molecule has 0 spiro atoms. The first-order valence-electron chi connectivity index (χ1n) is 12.2. The molecule has 1 aliphatic rings. The fourth-order valence-electron chi connectivity index (χ4n) is 3.34. The van der Waals surface area contributed by atoms with Crippen LogP contribution in [0.1, 0.15) is 88.3 Å². The molecular weight excluding hydrogens is 541 g/mol. The Balaban J connectivity index is 0.00000201. The molecule has 1 heterocycles. The molecule has 1 aromatic carbocycles. The lowest BCUT2D eigenvalue weighted by Crippen LogP contribution is -2.33. The number of aromatic nitrogens is 1. The second-order valence-corrected chi connectivity index (χ2v) is 8.25. The van der Waals surface area contributed by atoms with Crippen LogP contribution < -0.4 is 5.32 Å². The molecule has 0 radical (unpaired) electrons. The number of hydrogen-bond acceptors (Lipinski definition) is 2. The number of halogens is 8. The molecule has 1 amide bonds. The van der Waals surface area contributed by atoms with Crippen LogP contribution in [0.4, 0.5) is 26.3 Å². The highest BCUT2D eigenvalue weighted by atomic mass is 35.5. The molecule has 0 saturated heterocycles. The Labute approximate surface area is 225 Å². The van der Waals surface area contributed by atoms with E-state index in [0.717, 1.165) is 12.3 Å². The number of carbonyl (C=O) groups excluding carboxylic acids is 1. The maximum atomic E-state index is 13.5. The quantitative estimate of drug-likeness (QED) is 0.349. The van der Waals surface area contributed by atoms with Crippen LogP contribution in [-0.4, -0.2) is 23.6 Å². The van der Waals surface area contributed by atoms with Crippen molar-refractivity contribution in [2.24, 2.45) is 5.41 Å². The van der Waals surface area contributed by atoms with Crippen molar-refractivity contribution in [3.63, 3.8) is 0 Å². The number of nitrogens with zero attached hydrogens (tertiary/aromatic N) is 1. The van der Waals surface area contributed by atoms with E-state index in [9.17, 15) is 31.1 Å². The van der Waals surface area contributed by atoms with Gasteiger partial charge in [-0.1, -0.05) is 76.9 Å². The van der Waals surface area contributed by atoms with Gasteiger partial charge in [-0.3, -0.25) is 9.78 Å². The second kappa shape index (κ2) is 15.4. The summed E-state index contributed by atoms with van der Waals surface area (Å²) in [4.78, 5) is 15.8. The molecule has 1 unspecified atom stereocenters. The number of alkyl halides is 6. The van der Waals surface area contributed by atoms with E-state index in [1.807, 2.05) is 41.5 Å². The van der Waals surface area contributed by atoms with Gasteiger partial charge in [0, 0.05) is 18.7 Å². The molecule has 3 nitrogen and oxygen atoms in total. The van der Waals surface area contributed by atoms with Crippen LogP contribution in [0.25, 0.3) is 0 Å². The number of carbonyl (C=O) groups is 1. The van der Waals surface area contributed by atoms with Gasteiger partial charge >= 0.3 is 12.4 Å². The third kappa shape index (κ3) is 9.67. The first-order valence-corrected chi connectivity index (χ1v) is 12.9. The predicted octanol–water partition coefficient (Wildman–Crippen LogP) is 9.73. The zero-order valence-electron chi connectivity index (χ0n) is 21.7. The largest absolute Gasteiger partial charge is 0.433 e. The van der Waals surface area contributed by atoms with Gasteiger partial charge in [0.05, 0.1) is 21.0 Å². The van der Waals surface area contributed by atoms with Crippen LogP contribution >= 0.6 is 23.2 Å². The van der Waals surface area contributed by atoms with Gasteiger partial charge in [-0.05, 0) is 43.0 Å². The summed E-state index contributed by atoms with van der Waals surface area (Å²) in [5.74, 6) is -1.56. The van der Waals surface area contributed by atoms with E-state index in [-0.39, 0.29) is 47.0 Å². The van der Waals surface area contributed by atoms with Gasteiger partial charge in [-0.2, -0.15) is 26.3 Å². The van der Waals surface area contributed by atoms with Crippen molar-refractivity contribution in [3.05, 3.63) is 63.4 Å². The number of nitrogens with one attached hydrogen (secondary N) is 1. The average molecular weight is 575 g/mol. The minimum atomic E-state index is -4.67. The second-order valence-electron chi connectivity index (χ2n) is 7.47. The lowest BCUT2D eigenvalue weighted by atomic mass is 9.86. The standard InChI is InChI=1S/C20H16Cl2F6N2O.3C2H6/c21-14-3-1-2-13(16(14)22)17(31)30-10-12(8-18(6-7-18)20(26,27)28)11-4-5-15(29-9-11)19(23,24)25;3*1-2/h1-5,9,12H,6-8,10H2,(H,30,31);3*1-2H3. The van der Waals surface area contributed by atoms with Gasteiger partial charge in [0.1, 0.15) is 5.69 Å². The van der Waals surface area contributed by atoms with Gasteiger partial charge in [-0.25, -0.2) is 0 Å². The normalized spacial score (nSPS) is 14.4. The fraction of sp³-hybridized carbons (Fsp3) is 0.538. The van der Waals surface area contributed by atoms with E-state index in [1.54, 1.807) is 0 Å². The molecule has 1 saturated carbocycles. The summed E-state index contributed by atoms with van der Waals surface area (Å²) in [6.07, 6.45) is -8.75. The summed E-state index contributed by atoms with van der Waals surface area (Å²) in [6.45, 7) is 11.8. The molecule has 2 aromatic rings. The highest BCUT2D eigenvalue weighted by Crippen LogP contribution is 2.62. The Morgan fingerprint density at radius 3 is 1.97 bits per heavy atom. The van der Waals surface area contributed by atoms with Crippen LogP contribution in [-0.2, 0) is 6.18 Å². The Morgan fingerprint density at radius 1 is 0.973 bits per heavy atom. The first-order chi connectivity index (χ1) is 17.3. The molecule has 0 aliphatic heterocycles. The van der Waals surface area contributed by atoms with Crippen LogP contribution in [0.15, 0.2) is 36.5 Å². The number of amides is 1. The number of rotatable bonds is 6. The number of pyridine rings is 1. The van der Waals surface area contributed by atoms with Crippen molar-refractivity contribution in [1.29, 1.82) is 0 Å². The van der Waals surface area contributed by atoms with Crippen molar-refractivity contribution in [3.8, 4) is 0 Å². The van der Waals surface area contributed by atoms with E-state index >= 15 is 0 Å². The van der Waals surface area contributed by atoms with Crippen LogP contribution in [0, 0.1) is 5.41 Å². The molecule has 1 aromatic heterocycles. The van der Waals surface area contributed by atoms with E-state index in [2.05, 4.69) is 10.3 Å². The summed E-state index contributed by atoms with van der Waals surface area (Å²) < 4.78 is 78.7. The minimum absolute atomic E-state index is 0.0108. The number of benzene rings is 1. The Bertz CT molecular complexity index is 959. The van der Waals surface area contributed by atoms with Crippen LogP contribution in [0.5, 0.6) is 0 Å². The monoisotopic (exact) mass is 574 g/mol. The first kappa shape index (κ1) is 35.0. The molecular formula is C26H34Cl2F6N2O. The van der Waals surface area contributed by atoms with Crippen molar-refractivity contribution in [2.45, 2.75) is 79.1 Å². The van der Waals surface area contributed by atoms with Gasteiger partial charge in [0.2, 0.25) is 0 Å². The smallest absolute Gasteiger partial charge is 0.351 e. The van der Waals surface area contributed by atoms with E-state index < -0.39 is 35.3 Å². The Morgan fingerprint density at radius 2 is 1.54 bits per heavy atom. The summed E-state index contributed by atoms with van der Waals surface area (Å²) in [5.41, 5.74) is -2.86. The van der Waals surface area contributed by atoms with Crippen LogP contribution in [0.2, 0.25) is 10.0 Å². The van der Waals surface area contributed by atoms with E-state index in [1.165, 1.54) is 18.2 Å². The molecule has 1 N–H and O–H groups in total. The summed E-state index contributed by atoms with van der Waals surface area (Å²) >= 11 is 11.9. The van der Waals surface area contributed by atoms with Crippen molar-refractivity contribution in [2.75, 3.05) is 6.54 Å². The maximum absolute atomic E-state index is 13.5. The molecule has 1 aliphatic carbocycles. The minimum Gasteiger partial charge on any atom is -0.351 e. The molecule has 11 heteroatoms. The third-order valence-corrected chi connectivity index (χ3v) is 6.16. The van der Waals surface area contributed by atoms with E-state index in [0.29, 0.717) is 6.07 Å². The summed E-state index contributed by atoms with van der Waals surface area (Å²) in [6, 6.07) is 6.16. The van der Waals surface area contributed by atoms with Crippen LogP contribution in [0.3, 0.4) is 0 Å². The third-order valence-electron chi connectivity index (χ3n) is 5.35. The van der Waals surface area contributed by atoms with Crippen molar-refractivity contribution >= 4 is 29.1 Å². The lowest BCUT2D eigenvalue weighted by Gasteiger charge is -2.26. The SMILES string of the molecule is CC.CC.CC.O=C(NCC(CC1(C(F)(F)F)CC1)c1ccc(C(F)(F)F)nc1)c1cccc(Cl)c1Cl. The van der Waals surface area contributed by atoms with Gasteiger partial charge in [0.15, 0.2) is 0 Å². The topological polar surface area (TPSA) is 42.0 Å². The predicted molar refractivity (Wildman–Crippen MR) is 137 cm³/mol. The highest BCUT2D eigenvalue weighted by molar-refractivity contribution is 6.43.